The Labute approximate surface area is 85.3 Å². The molecule has 0 atom stereocenters. The molecule has 1 heterocycles. The SMILES string of the molecule is COc1ccncc1C#CCC(C)C. The van der Waals surface area contributed by atoms with Crippen LogP contribution in [0, 0.1) is 17.8 Å². The van der Waals surface area contributed by atoms with Gasteiger partial charge < -0.3 is 4.74 Å². The molecular weight excluding hydrogens is 174 g/mol. The molecule has 2 nitrogen and oxygen atoms in total. The van der Waals surface area contributed by atoms with Crippen LogP contribution in [0.15, 0.2) is 18.5 Å². The third-order valence-electron chi connectivity index (χ3n) is 1.73. The minimum atomic E-state index is 0.602. The van der Waals surface area contributed by atoms with Crippen LogP contribution >= 0.6 is 0 Å². The predicted molar refractivity (Wildman–Crippen MR) is 57.1 cm³/mol. The Morgan fingerprint density at radius 3 is 2.93 bits per heavy atom. The van der Waals surface area contributed by atoms with Crippen molar-refractivity contribution in [3.05, 3.63) is 24.0 Å². The van der Waals surface area contributed by atoms with Gasteiger partial charge in [-0.1, -0.05) is 25.7 Å². The summed E-state index contributed by atoms with van der Waals surface area (Å²) in [6.45, 7) is 4.30. The van der Waals surface area contributed by atoms with E-state index in [4.69, 9.17) is 4.74 Å². The summed E-state index contributed by atoms with van der Waals surface area (Å²) in [6, 6.07) is 1.82. The third kappa shape index (κ3) is 3.10. The molecule has 0 saturated carbocycles. The van der Waals surface area contributed by atoms with Crippen molar-refractivity contribution in [3.8, 4) is 17.6 Å². The van der Waals surface area contributed by atoms with Crippen molar-refractivity contribution in [2.75, 3.05) is 7.11 Å². The highest BCUT2D eigenvalue weighted by atomic mass is 16.5. The summed E-state index contributed by atoms with van der Waals surface area (Å²) in [6.07, 6.45) is 4.33. The highest BCUT2D eigenvalue weighted by Crippen LogP contribution is 2.14. The number of pyridine rings is 1. The number of hydrogen-bond acceptors (Lipinski definition) is 2. The quantitative estimate of drug-likeness (QED) is 0.667. The van der Waals surface area contributed by atoms with Crippen molar-refractivity contribution in [2.24, 2.45) is 5.92 Å². The number of rotatable bonds is 2. The topological polar surface area (TPSA) is 22.1 Å². The molecule has 1 rings (SSSR count). The zero-order valence-electron chi connectivity index (χ0n) is 8.87. The lowest BCUT2D eigenvalue weighted by atomic mass is 10.1. The van der Waals surface area contributed by atoms with Crippen molar-refractivity contribution in [1.82, 2.24) is 4.98 Å². The minimum Gasteiger partial charge on any atom is -0.495 e. The first kappa shape index (κ1) is 10.6. The average molecular weight is 189 g/mol. The second-order valence-electron chi connectivity index (χ2n) is 3.48. The largest absolute Gasteiger partial charge is 0.495 e. The molecule has 0 aliphatic carbocycles. The van der Waals surface area contributed by atoms with Gasteiger partial charge in [-0.05, 0) is 12.0 Å². The van der Waals surface area contributed by atoms with E-state index in [1.54, 1.807) is 19.5 Å². The van der Waals surface area contributed by atoms with E-state index < -0.39 is 0 Å². The number of nitrogens with zero attached hydrogens (tertiary/aromatic N) is 1. The molecule has 0 N–H and O–H groups in total. The van der Waals surface area contributed by atoms with E-state index in [0.717, 1.165) is 17.7 Å². The summed E-state index contributed by atoms with van der Waals surface area (Å²) in [5.41, 5.74) is 0.857. The maximum absolute atomic E-state index is 5.16. The zero-order valence-corrected chi connectivity index (χ0v) is 8.87. The van der Waals surface area contributed by atoms with E-state index in [-0.39, 0.29) is 0 Å². The van der Waals surface area contributed by atoms with Crippen LogP contribution in [-0.2, 0) is 0 Å². The summed E-state index contributed by atoms with van der Waals surface area (Å²) in [5, 5.41) is 0. The first-order valence-corrected chi connectivity index (χ1v) is 4.71. The van der Waals surface area contributed by atoms with E-state index in [1.165, 1.54) is 0 Å². The van der Waals surface area contributed by atoms with Gasteiger partial charge >= 0.3 is 0 Å². The number of methoxy groups -OCH3 is 1. The maximum atomic E-state index is 5.16. The summed E-state index contributed by atoms with van der Waals surface area (Å²) in [4.78, 5) is 4.01. The van der Waals surface area contributed by atoms with Gasteiger partial charge in [-0.15, -0.1) is 0 Å². The van der Waals surface area contributed by atoms with Gasteiger partial charge in [0.05, 0.1) is 12.7 Å². The first-order valence-electron chi connectivity index (χ1n) is 4.71. The van der Waals surface area contributed by atoms with Gasteiger partial charge in [-0.25, -0.2) is 0 Å². The molecule has 0 aliphatic heterocycles. The predicted octanol–water partition coefficient (Wildman–Crippen LogP) is 2.49. The molecule has 0 aromatic carbocycles. The van der Waals surface area contributed by atoms with Crippen LogP contribution in [0.1, 0.15) is 25.8 Å². The maximum Gasteiger partial charge on any atom is 0.137 e. The molecule has 0 radical (unpaired) electrons. The Morgan fingerprint density at radius 1 is 1.50 bits per heavy atom. The molecule has 0 aliphatic rings. The van der Waals surface area contributed by atoms with Gasteiger partial charge in [0.15, 0.2) is 0 Å². The Balaban J connectivity index is 2.78. The lowest BCUT2D eigenvalue weighted by Crippen LogP contribution is -1.88. The summed E-state index contributed by atoms with van der Waals surface area (Å²) < 4.78 is 5.16. The Kier molecular flexibility index (Phi) is 4.00. The van der Waals surface area contributed by atoms with Gasteiger partial charge in [0.25, 0.3) is 0 Å². The molecule has 0 fully saturated rings. The van der Waals surface area contributed by atoms with Crippen LogP contribution in [0.5, 0.6) is 5.75 Å². The average Bonchev–Trinajstić information content (AvgIpc) is 2.18. The lowest BCUT2D eigenvalue weighted by molar-refractivity contribution is 0.413. The molecule has 14 heavy (non-hydrogen) atoms. The normalized spacial score (nSPS) is 9.43. The second-order valence-corrected chi connectivity index (χ2v) is 3.48. The molecule has 1 aromatic rings. The van der Waals surface area contributed by atoms with Crippen LogP contribution in [0.4, 0.5) is 0 Å². The van der Waals surface area contributed by atoms with Gasteiger partial charge in [-0.3, -0.25) is 4.98 Å². The van der Waals surface area contributed by atoms with Crippen LogP contribution in [-0.4, -0.2) is 12.1 Å². The van der Waals surface area contributed by atoms with Crippen molar-refractivity contribution < 1.29 is 4.74 Å². The van der Waals surface area contributed by atoms with Crippen LogP contribution < -0.4 is 4.74 Å². The van der Waals surface area contributed by atoms with E-state index in [1.807, 2.05) is 6.07 Å². The molecular formula is C12H15NO. The fraction of sp³-hybridized carbons (Fsp3) is 0.417. The fourth-order valence-electron chi connectivity index (χ4n) is 1.00. The molecule has 0 unspecified atom stereocenters. The van der Waals surface area contributed by atoms with E-state index in [0.29, 0.717) is 5.92 Å². The van der Waals surface area contributed by atoms with Crippen molar-refractivity contribution >= 4 is 0 Å². The fourth-order valence-corrected chi connectivity index (χ4v) is 1.00. The molecule has 0 amide bonds. The van der Waals surface area contributed by atoms with E-state index in [2.05, 4.69) is 30.7 Å². The van der Waals surface area contributed by atoms with E-state index >= 15 is 0 Å². The number of aromatic nitrogens is 1. The summed E-state index contributed by atoms with van der Waals surface area (Å²) >= 11 is 0. The monoisotopic (exact) mass is 189 g/mol. The first-order chi connectivity index (χ1) is 6.74. The molecule has 2 heteroatoms. The highest BCUT2D eigenvalue weighted by Gasteiger charge is 1.97. The van der Waals surface area contributed by atoms with Crippen LogP contribution in [0.2, 0.25) is 0 Å². The van der Waals surface area contributed by atoms with Crippen LogP contribution in [0.25, 0.3) is 0 Å². The number of ether oxygens (including phenoxy) is 1. The Morgan fingerprint density at radius 2 is 2.29 bits per heavy atom. The highest BCUT2D eigenvalue weighted by molar-refractivity contribution is 5.43. The van der Waals surface area contributed by atoms with Gasteiger partial charge in [0, 0.05) is 18.8 Å². The minimum absolute atomic E-state index is 0.602. The standard InChI is InChI=1S/C12H15NO/c1-10(2)5-4-6-11-9-13-8-7-12(11)14-3/h7-10H,5H2,1-3H3. The smallest absolute Gasteiger partial charge is 0.137 e. The van der Waals surface area contributed by atoms with Gasteiger partial charge in [0.1, 0.15) is 5.75 Å². The Bertz CT molecular complexity index is 347. The van der Waals surface area contributed by atoms with E-state index in [9.17, 15) is 0 Å². The Hall–Kier alpha value is -1.49. The van der Waals surface area contributed by atoms with Crippen molar-refractivity contribution in [2.45, 2.75) is 20.3 Å². The van der Waals surface area contributed by atoms with Crippen molar-refractivity contribution in [3.63, 3.8) is 0 Å². The molecule has 1 aromatic heterocycles. The second kappa shape index (κ2) is 5.29. The lowest BCUT2D eigenvalue weighted by Gasteiger charge is -2.00. The molecule has 0 spiro atoms. The van der Waals surface area contributed by atoms with Crippen molar-refractivity contribution in [1.29, 1.82) is 0 Å². The summed E-state index contributed by atoms with van der Waals surface area (Å²) in [7, 11) is 1.64. The van der Waals surface area contributed by atoms with Gasteiger partial charge in [-0.2, -0.15) is 0 Å². The van der Waals surface area contributed by atoms with Gasteiger partial charge in [0.2, 0.25) is 0 Å². The molecule has 74 valence electrons. The molecule has 0 saturated heterocycles. The zero-order chi connectivity index (χ0) is 10.4. The number of hydrogen-bond donors (Lipinski definition) is 0. The summed E-state index contributed by atoms with van der Waals surface area (Å²) in [5.74, 6) is 7.55. The third-order valence-corrected chi connectivity index (χ3v) is 1.73. The van der Waals surface area contributed by atoms with Crippen LogP contribution in [0.3, 0.4) is 0 Å². The molecule has 0 bridgehead atoms.